The van der Waals surface area contributed by atoms with Crippen LogP contribution in [0.15, 0.2) is 42.5 Å². The van der Waals surface area contributed by atoms with Crippen LogP contribution in [0.25, 0.3) is 0 Å². The number of nitro groups is 2. The maximum Gasteiger partial charge on any atom is 0.277 e. The van der Waals surface area contributed by atoms with Gasteiger partial charge in [0.05, 0.1) is 21.5 Å². The Morgan fingerprint density at radius 1 is 1.14 bits per heavy atom. The van der Waals surface area contributed by atoms with Crippen molar-refractivity contribution in [2.24, 2.45) is 0 Å². The van der Waals surface area contributed by atoms with E-state index in [1.165, 1.54) is 0 Å². The normalized spacial score (nSPS) is 16.2. The summed E-state index contributed by atoms with van der Waals surface area (Å²) in [7, 11) is 0. The molecule has 146 valence electrons. The van der Waals surface area contributed by atoms with Gasteiger partial charge in [-0.1, -0.05) is 23.7 Å². The molecule has 0 saturated carbocycles. The molecule has 0 aromatic heterocycles. The lowest BCUT2D eigenvalue weighted by Crippen LogP contribution is -2.34. The average Bonchev–Trinajstić information content (AvgIpc) is 3.14. The number of non-ortho nitro benzene ring substituents is 2. The molecule has 2 aromatic carbocycles. The van der Waals surface area contributed by atoms with Gasteiger partial charge in [0.2, 0.25) is 0 Å². The van der Waals surface area contributed by atoms with E-state index in [0.29, 0.717) is 31.1 Å². The van der Waals surface area contributed by atoms with E-state index < -0.39 is 27.1 Å². The molecular formula is C18H17ClN4O5. The molecule has 1 aliphatic rings. The van der Waals surface area contributed by atoms with Gasteiger partial charge in [0.15, 0.2) is 0 Å². The molecule has 1 saturated heterocycles. The van der Waals surface area contributed by atoms with E-state index in [0.717, 1.165) is 23.8 Å². The fourth-order valence-corrected chi connectivity index (χ4v) is 3.35. The van der Waals surface area contributed by atoms with Crippen LogP contribution in [-0.2, 0) is 6.54 Å². The largest absolute Gasteiger partial charge is 0.337 e. The number of carbonyl (C=O) groups excluding carboxylic acids is 1. The van der Waals surface area contributed by atoms with Gasteiger partial charge in [0.25, 0.3) is 17.3 Å². The zero-order valence-electron chi connectivity index (χ0n) is 14.7. The fraction of sp³-hybridized carbons (Fsp3) is 0.278. The van der Waals surface area contributed by atoms with Crippen molar-refractivity contribution in [2.45, 2.75) is 19.0 Å². The van der Waals surface area contributed by atoms with E-state index >= 15 is 0 Å². The molecule has 9 nitrogen and oxygen atoms in total. The molecule has 0 aliphatic carbocycles. The number of nitrogens with one attached hydrogen (secondary N) is 1. The first-order chi connectivity index (χ1) is 13.3. The van der Waals surface area contributed by atoms with Crippen molar-refractivity contribution in [3.63, 3.8) is 0 Å². The number of nitro benzene ring substituents is 2. The number of benzene rings is 2. The second kappa shape index (κ2) is 8.32. The van der Waals surface area contributed by atoms with Gasteiger partial charge in [-0.15, -0.1) is 0 Å². The number of halogens is 1. The summed E-state index contributed by atoms with van der Waals surface area (Å²) < 4.78 is 0. The third-order valence-corrected chi connectivity index (χ3v) is 4.77. The zero-order valence-corrected chi connectivity index (χ0v) is 15.5. The lowest BCUT2D eigenvalue weighted by atomic mass is 10.1. The Labute approximate surface area is 165 Å². The van der Waals surface area contributed by atoms with Crippen LogP contribution in [0.3, 0.4) is 0 Å². The topological polar surface area (TPSA) is 119 Å². The van der Waals surface area contributed by atoms with Gasteiger partial charge in [-0.2, -0.15) is 0 Å². The van der Waals surface area contributed by atoms with Crippen LogP contribution < -0.4 is 5.32 Å². The molecule has 2 aromatic rings. The van der Waals surface area contributed by atoms with E-state index in [1.807, 2.05) is 18.2 Å². The minimum Gasteiger partial charge on any atom is -0.337 e. The molecule has 1 aliphatic heterocycles. The predicted octanol–water partition coefficient (Wildman–Crippen LogP) is 3.16. The molecule has 1 N–H and O–H groups in total. The molecule has 28 heavy (non-hydrogen) atoms. The molecule has 1 heterocycles. The third kappa shape index (κ3) is 4.62. The van der Waals surface area contributed by atoms with Crippen LogP contribution in [0.5, 0.6) is 0 Å². The Bertz CT molecular complexity index is 904. The summed E-state index contributed by atoms with van der Waals surface area (Å²) in [6, 6.07) is 10.5. The Morgan fingerprint density at radius 2 is 1.82 bits per heavy atom. The number of likely N-dealkylation sites (tertiary alicyclic amines) is 1. The Hall–Kier alpha value is -3.04. The Morgan fingerprint density at radius 3 is 2.43 bits per heavy atom. The highest BCUT2D eigenvalue weighted by Gasteiger charge is 2.29. The van der Waals surface area contributed by atoms with Crippen molar-refractivity contribution in [1.29, 1.82) is 0 Å². The summed E-state index contributed by atoms with van der Waals surface area (Å²) in [5.74, 6) is -0.459. The van der Waals surface area contributed by atoms with E-state index in [-0.39, 0.29) is 11.6 Å². The number of carbonyl (C=O) groups is 1. The van der Waals surface area contributed by atoms with E-state index in [9.17, 15) is 25.0 Å². The highest BCUT2D eigenvalue weighted by molar-refractivity contribution is 6.30. The molecule has 1 unspecified atom stereocenters. The lowest BCUT2D eigenvalue weighted by molar-refractivity contribution is -0.394. The second-order valence-corrected chi connectivity index (χ2v) is 6.94. The van der Waals surface area contributed by atoms with E-state index in [1.54, 1.807) is 11.0 Å². The monoisotopic (exact) mass is 404 g/mol. The van der Waals surface area contributed by atoms with Gasteiger partial charge in [-0.3, -0.25) is 25.0 Å². The van der Waals surface area contributed by atoms with Gasteiger partial charge < -0.3 is 10.2 Å². The van der Waals surface area contributed by atoms with Gasteiger partial charge in [0.1, 0.15) is 0 Å². The molecule has 1 atom stereocenters. The van der Waals surface area contributed by atoms with Crippen LogP contribution in [-0.4, -0.2) is 39.8 Å². The minimum absolute atomic E-state index is 0.0524. The SMILES string of the molecule is O=C(c1cc([N+](=O)[O-])cc([N+](=O)[O-])c1)N1CCC(NCc2cccc(Cl)c2)C1. The predicted molar refractivity (Wildman–Crippen MR) is 102 cm³/mol. The van der Waals surface area contributed by atoms with Crippen molar-refractivity contribution in [1.82, 2.24) is 10.2 Å². The first kappa shape index (κ1) is 19.7. The summed E-state index contributed by atoms with van der Waals surface area (Å²) in [6.45, 7) is 1.47. The second-order valence-electron chi connectivity index (χ2n) is 6.50. The fourth-order valence-electron chi connectivity index (χ4n) is 3.13. The van der Waals surface area contributed by atoms with Crippen LogP contribution in [0.2, 0.25) is 5.02 Å². The van der Waals surface area contributed by atoms with Gasteiger partial charge in [0, 0.05) is 42.8 Å². The number of hydrogen-bond donors (Lipinski definition) is 1. The summed E-state index contributed by atoms with van der Waals surface area (Å²) in [4.78, 5) is 34.8. The number of rotatable bonds is 6. The molecule has 1 fully saturated rings. The molecule has 0 radical (unpaired) electrons. The van der Waals surface area contributed by atoms with E-state index in [4.69, 9.17) is 11.6 Å². The smallest absolute Gasteiger partial charge is 0.277 e. The van der Waals surface area contributed by atoms with Crippen LogP contribution in [0.1, 0.15) is 22.3 Å². The van der Waals surface area contributed by atoms with Gasteiger partial charge in [-0.25, -0.2) is 0 Å². The quantitative estimate of drug-likeness (QED) is 0.583. The van der Waals surface area contributed by atoms with Crippen LogP contribution in [0.4, 0.5) is 11.4 Å². The number of amides is 1. The molecule has 1 amide bonds. The zero-order chi connectivity index (χ0) is 20.3. The van der Waals surface area contributed by atoms with Gasteiger partial charge in [-0.05, 0) is 24.1 Å². The Balaban J connectivity index is 1.67. The highest BCUT2D eigenvalue weighted by atomic mass is 35.5. The third-order valence-electron chi connectivity index (χ3n) is 4.53. The molecule has 0 spiro atoms. The summed E-state index contributed by atoms with van der Waals surface area (Å²) in [5.41, 5.74) is 0.00253. The van der Waals surface area contributed by atoms with Crippen LogP contribution >= 0.6 is 11.6 Å². The highest BCUT2D eigenvalue weighted by Crippen LogP contribution is 2.25. The minimum atomic E-state index is -0.747. The number of nitrogens with zero attached hydrogens (tertiary/aromatic N) is 3. The first-order valence-electron chi connectivity index (χ1n) is 8.54. The molecule has 0 bridgehead atoms. The van der Waals surface area contributed by atoms with Gasteiger partial charge >= 0.3 is 0 Å². The van der Waals surface area contributed by atoms with Crippen molar-refractivity contribution in [2.75, 3.05) is 13.1 Å². The standard InChI is InChI=1S/C18H17ClN4O5/c19-14-3-1-2-12(6-14)10-20-15-4-5-21(11-15)18(24)13-7-16(22(25)26)9-17(8-13)23(27)28/h1-3,6-9,15,20H,4-5,10-11H2. The van der Waals surface area contributed by atoms with Crippen LogP contribution in [0, 0.1) is 20.2 Å². The molecule has 10 heteroatoms. The number of hydrogen-bond acceptors (Lipinski definition) is 6. The van der Waals surface area contributed by atoms with Crippen molar-refractivity contribution in [3.8, 4) is 0 Å². The Kier molecular flexibility index (Phi) is 5.86. The first-order valence-corrected chi connectivity index (χ1v) is 8.92. The summed E-state index contributed by atoms with van der Waals surface area (Å²) in [6.07, 6.45) is 0.712. The maximum absolute atomic E-state index is 12.7. The molecular weight excluding hydrogens is 388 g/mol. The van der Waals surface area contributed by atoms with E-state index in [2.05, 4.69) is 5.32 Å². The summed E-state index contributed by atoms with van der Waals surface area (Å²) >= 11 is 5.97. The van der Waals surface area contributed by atoms with Crippen molar-refractivity contribution >= 4 is 28.9 Å². The maximum atomic E-state index is 12.7. The average molecular weight is 405 g/mol. The summed E-state index contributed by atoms with van der Waals surface area (Å²) in [5, 5.41) is 26.0. The lowest BCUT2D eigenvalue weighted by Gasteiger charge is -2.17. The van der Waals surface area contributed by atoms with Crippen molar-refractivity contribution in [3.05, 3.63) is 78.8 Å². The molecule has 3 rings (SSSR count). The van der Waals surface area contributed by atoms with Crippen molar-refractivity contribution < 1.29 is 14.6 Å².